The van der Waals surface area contributed by atoms with Gasteiger partial charge in [-0.15, -0.1) is 16.5 Å². The standard InChI is InChI=1S/C22H20N6O4S/c1-13(2)19-20(25-24-15-7-5-8-16(11-15)28(30)31)21(29)27(26-19)22-23-18(12-33-22)14-6-4-9-17(10-14)32-3/h4-13,26H,1-3H3. The Kier molecular flexibility index (Phi) is 6.13. The Morgan fingerprint density at radius 2 is 1.97 bits per heavy atom. The lowest BCUT2D eigenvalue weighted by molar-refractivity contribution is -0.384. The number of H-pyrrole nitrogens is 1. The van der Waals surface area contributed by atoms with Crippen LogP contribution in [0.3, 0.4) is 0 Å². The number of nitro groups is 1. The number of hydrogen-bond donors (Lipinski definition) is 1. The molecule has 0 aliphatic heterocycles. The van der Waals surface area contributed by atoms with Crippen LogP contribution in [0.1, 0.15) is 25.5 Å². The van der Waals surface area contributed by atoms with E-state index in [2.05, 4.69) is 20.3 Å². The van der Waals surface area contributed by atoms with Crippen LogP contribution in [-0.4, -0.2) is 26.8 Å². The highest BCUT2D eigenvalue weighted by Gasteiger charge is 2.20. The maximum atomic E-state index is 13.2. The minimum atomic E-state index is -0.510. The third-order valence-electron chi connectivity index (χ3n) is 4.83. The molecule has 2 heterocycles. The van der Waals surface area contributed by atoms with Gasteiger partial charge in [-0.1, -0.05) is 32.0 Å². The molecule has 168 valence electrons. The van der Waals surface area contributed by atoms with Gasteiger partial charge in [0.2, 0.25) is 5.13 Å². The fourth-order valence-electron chi connectivity index (χ4n) is 3.14. The molecule has 0 spiro atoms. The monoisotopic (exact) mass is 464 g/mol. The fourth-order valence-corrected chi connectivity index (χ4v) is 3.93. The number of thiazole rings is 1. The van der Waals surface area contributed by atoms with Gasteiger partial charge in [-0.05, 0) is 24.1 Å². The quantitative estimate of drug-likeness (QED) is 0.212. The van der Waals surface area contributed by atoms with Crippen LogP contribution < -0.4 is 10.3 Å². The van der Waals surface area contributed by atoms with Crippen molar-refractivity contribution in [3.8, 4) is 22.1 Å². The molecule has 11 heteroatoms. The Hall–Kier alpha value is -4.12. The summed E-state index contributed by atoms with van der Waals surface area (Å²) in [6.45, 7) is 3.84. The van der Waals surface area contributed by atoms with Crippen molar-refractivity contribution in [1.29, 1.82) is 0 Å². The molecule has 0 amide bonds. The van der Waals surface area contributed by atoms with E-state index in [9.17, 15) is 14.9 Å². The second kappa shape index (κ2) is 9.17. The van der Waals surface area contributed by atoms with Crippen LogP contribution >= 0.6 is 11.3 Å². The molecule has 2 aromatic carbocycles. The van der Waals surface area contributed by atoms with Crippen LogP contribution in [0.5, 0.6) is 5.75 Å². The first kappa shape index (κ1) is 22.1. The van der Waals surface area contributed by atoms with Crippen molar-refractivity contribution in [2.75, 3.05) is 7.11 Å². The minimum absolute atomic E-state index is 0.0455. The van der Waals surface area contributed by atoms with Crippen molar-refractivity contribution in [2.24, 2.45) is 10.2 Å². The number of benzene rings is 2. The Balaban J connectivity index is 1.71. The van der Waals surface area contributed by atoms with Crippen LogP contribution in [0.15, 0.2) is 68.9 Å². The summed E-state index contributed by atoms with van der Waals surface area (Å²) in [5, 5.41) is 24.6. The van der Waals surface area contributed by atoms with E-state index in [0.29, 0.717) is 22.3 Å². The molecule has 0 saturated carbocycles. The smallest absolute Gasteiger partial charge is 0.301 e. The highest BCUT2D eigenvalue weighted by atomic mass is 32.1. The van der Waals surface area contributed by atoms with Crippen molar-refractivity contribution in [3.63, 3.8) is 0 Å². The van der Waals surface area contributed by atoms with Gasteiger partial charge < -0.3 is 4.74 Å². The first-order valence-corrected chi connectivity index (χ1v) is 10.9. The molecule has 4 rings (SSSR count). The summed E-state index contributed by atoms with van der Waals surface area (Å²) >= 11 is 1.31. The number of methoxy groups -OCH3 is 1. The summed E-state index contributed by atoms with van der Waals surface area (Å²) in [5.41, 5.74) is 2.07. The van der Waals surface area contributed by atoms with Crippen LogP contribution in [-0.2, 0) is 0 Å². The number of rotatable bonds is 7. The molecule has 0 saturated heterocycles. The molecule has 0 unspecified atom stereocenters. The average Bonchev–Trinajstić information content (AvgIpc) is 3.43. The van der Waals surface area contributed by atoms with E-state index in [1.165, 1.54) is 34.2 Å². The molecule has 33 heavy (non-hydrogen) atoms. The summed E-state index contributed by atoms with van der Waals surface area (Å²) in [4.78, 5) is 28.2. The molecule has 4 aromatic rings. The summed E-state index contributed by atoms with van der Waals surface area (Å²) in [6.07, 6.45) is 0. The summed E-state index contributed by atoms with van der Waals surface area (Å²) < 4.78 is 6.61. The number of nitrogens with one attached hydrogen (secondary N) is 1. The molecule has 2 aromatic heterocycles. The predicted octanol–water partition coefficient (Wildman–Crippen LogP) is 5.74. The highest BCUT2D eigenvalue weighted by Crippen LogP contribution is 2.29. The number of aromatic amines is 1. The van der Waals surface area contributed by atoms with E-state index in [-0.39, 0.29) is 23.0 Å². The lowest BCUT2D eigenvalue weighted by Crippen LogP contribution is -2.13. The zero-order chi connectivity index (χ0) is 23.5. The zero-order valence-electron chi connectivity index (χ0n) is 18.1. The lowest BCUT2D eigenvalue weighted by Gasteiger charge is -2.02. The topological polar surface area (TPSA) is 128 Å². The SMILES string of the molecule is COc1cccc(-c2csc(-n3[nH]c(C(C)C)c(N=Nc4cccc([N+](=O)[O-])c4)c3=O)n2)c1. The molecule has 1 N–H and O–H groups in total. The van der Waals surface area contributed by atoms with Crippen LogP contribution in [0.2, 0.25) is 0 Å². The molecule has 0 aliphatic rings. The van der Waals surface area contributed by atoms with E-state index in [0.717, 1.165) is 5.56 Å². The van der Waals surface area contributed by atoms with E-state index >= 15 is 0 Å². The number of aromatic nitrogens is 3. The maximum Gasteiger partial charge on any atom is 0.301 e. The third kappa shape index (κ3) is 4.58. The van der Waals surface area contributed by atoms with Gasteiger partial charge >= 0.3 is 5.56 Å². The van der Waals surface area contributed by atoms with Crippen molar-refractivity contribution in [3.05, 3.63) is 80.1 Å². The molecule has 0 fully saturated rings. The molecule has 0 radical (unpaired) electrons. The predicted molar refractivity (Wildman–Crippen MR) is 125 cm³/mol. The van der Waals surface area contributed by atoms with Gasteiger partial charge in [-0.2, -0.15) is 9.80 Å². The van der Waals surface area contributed by atoms with Crippen LogP contribution in [0.4, 0.5) is 17.1 Å². The second-order valence-corrected chi connectivity index (χ2v) is 8.23. The van der Waals surface area contributed by atoms with Gasteiger partial charge in [-0.3, -0.25) is 20.0 Å². The average molecular weight is 465 g/mol. The van der Waals surface area contributed by atoms with Gasteiger partial charge in [0.25, 0.3) is 5.69 Å². The van der Waals surface area contributed by atoms with Crippen molar-refractivity contribution < 1.29 is 9.66 Å². The Morgan fingerprint density at radius 1 is 1.18 bits per heavy atom. The molecular weight excluding hydrogens is 444 g/mol. The number of non-ortho nitro benzene ring substituents is 1. The molecule has 0 bridgehead atoms. The lowest BCUT2D eigenvalue weighted by atomic mass is 10.1. The van der Waals surface area contributed by atoms with Gasteiger partial charge in [0.15, 0.2) is 5.69 Å². The van der Waals surface area contributed by atoms with Gasteiger partial charge in [0.1, 0.15) is 5.75 Å². The molecule has 0 aliphatic carbocycles. The summed E-state index contributed by atoms with van der Waals surface area (Å²) in [6, 6.07) is 13.3. The zero-order valence-corrected chi connectivity index (χ0v) is 18.9. The summed E-state index contributed by atoms with van der Waals surface area (Å²) in [5.74, 6) is 0.667. The molecule has 0 atom stereocenters. The van der Waals surface area contributed by atoms with Crippen molar-refractivity contribution >= 4 is 28.4 Å². The fraction of sp³-hybridized carbons (Fsp3) is 0.182. The van der Waals surface area contributed by atoms with E-state index < -0.39 is 10.5 Å². The Labute approximate surface area is 192 Å². The van der Waals surface area contributed by atoms with Crippen LogP contribution in [0, 0.1) is 10.1 Å². The number of azo groups is 1. The number of nitro benzene ring substituents is 1. The number of nitrogens with zero attached hydrogens (tertiary/aromatic N) is 5. The van der Waals surface area contributed by atoms with E-state index in [1.807, 2.05) is 43.5 Å². The van der Waals surface area contributed by atoms with Crippen molar-refractivity contribution in [1.82, 2.24) is 14.8 Å². The normalized spacial score (nSPS) is 11.4. The van der Waals surface area contributed by atoms with E-state index in [4.69, 9.17) is 4.74 Å². The van der Waals surface area contributed by atoms with Gasteiger partial charge in [0.05, 0.1) is 29.1 Å². The number of ether oxygens (including phenoxy) is 1. The first-order chi connectivity index (χ1) is 15.9. The van der Waals surface area contributed by atoms with Gasteiger partial charge in [-0.25, -0.2) is 4.98 Å². The largest absolute Gasteiger partial charge is 0.497 e. The molecule has 10 nitrogen and oxygen atoms in total. The van der Waals surface area contributed by atoms with Gasteiger partial charge in [0, 0.05) is 23.1 Å². The summed E-state index contributed by atoms with van der Waals surface area (Å²) in [7, 11) is 1.60. The highest BCUT2D eigenvalue weighted by molar-refractivity contribution is 7.12. The Bertz CT molecular complexity index is 1400. The third-order valence-corrected chi connectivity index (χ3v) is 5.65. The first-order valence-electron chi connectivity index (χ1n) is 9.99. The molecular formula is C22H20N6O4S. The van der Waals surface area contributed by atoms with Crippen LogP contribution in [0.25, 0.3) is 16.4 Å². The Morgan fingerprint density at radius 3 is 2.70 bits per heavy atom. The van der Waals surface area contributed by atoms with Crippen molar-refractivity contribution in [2.45, 2.75) is 19.8 Å². The minimum Gasteiger partial charge on any atom is -0.497 e. The maximum absolute atomic E-state index is 13.2. The van der Waals surface area contributed by atoms with E-state index in [1.54, 1.807) is 13.2 Å². The number of hydrogen-bond acceptors (Lipinski definition) is 8. The second-order valence-electron chi connectivity index (χ2n) is 7.39.